The third-order valence-electron chi connectivity index (χ3n) is 2.39. The van der Waals surface area contributed by atoms with Crippen molar-refractivity contribution in [2.75, 3.05) is 44.4 Å². The van der Waals surface area contributed by atoms with E-state index in [1.54, 1.807) is 0 Å². The van der Waals surface area contributed by atoms with Crippen molar-refractivity contribution in [1.29, 1.82) is 0 Å². The first-order chi connectivity index (χ1) is 8.81. The Morgan fingerprint density at radius 1 is 1.22 bits per heavy atom. The van der Waals surface area contributed by atoms with Crippen molar-refractivity contribution in [1.82, 2.24) is 4.98 Å². The maximum absolute atomic E-state index is 8.97. The molecule has 1 aromatic rings. The highest BCUT2D eigenvalue weighted by Gasteiger charge is 2.12. The summed E-state index contributed by atoms with van der Waals surface area (Å²) < 4.78 is 16.0. The molecule has 104 valence electrons. The van der Waals surface area contributed by atoms with Crippen LogP contribution in [0.2, 0.25) is 0 Å². The van der Waals surface area contributed by atoms with E-state index in [0.29, 0.717) is 51.2 Å². The largest absolute Gasteiger partial charge is 0.432 e. The lowest BCUT2D eigenvalue weighted by Crippen LogP contribution is -2.31. The molecule has 1 aromatic heterocycles. The fourth-order valence-electron chi connectivity index (χ4n) is 1.46. The van der Waals surface area contributed by atoms with Gasteiger partial charge in [-0.15, -0.1) is 0 Å². The van der Waals surface area contributed by atoms with Crippen LogP contribution in [0.25, 0.3) is 0 Å². The van der Waals surface area contributed by atoms with E-state index in [-0.39, 0.29) is 6.61 Å². The molecular formula is C12H22N2O4. The number of aliphatic hydroxyl groups is 1. The Balaban J connectivity index is 2.51. The average Bonchev–Trinajstić information content (AvgIpc) is 2.86. The number of oxazole rings is 1. The third kappa shape index (κ3) is 5.03. The van der Waals surface area contributed by atoms with E-state index in [9.17, 15) is 0 Å². The minimum Gasteiger partial charge on any atom is -0.432 e. The van der Waals surface area contributed by atoms with Gasteiger partial charge in [-0.1, -0.05) is 0 Å². The molecule has 0 fully saturated rings. The molecular weight excluding hydrogens is 236 g/mol. The molecule has 0 amide bonds. The smallest absolute Gasteiger partial charge is 0.297 e. The molecule has 6 nitrogen and oxygen atoms in total. The van der Waals surface area contributed by atoms with Gasteiger partial charge in [0.15, 0.2) is 0 Å². The van der Waals surface area contributed by atoms with Crippen LogP contribution in [0.3, 0.4) is 0 Å². The number of rotatable bonds is 10. The molecule has 18 heavy (non-hydrogen) atoms. The maximum atomic E-state index is 8.97. The highest BCUT2D eigenvalue weighted by atomic mass is 16.5. The minimum absolute atomic E-state index is 0.117. The molecule has 0 saturated heterocycles. The van der Waals surface area contributed by atoms with E-state index in [1.165, 1.54) is 6.26 Å². The maximum Gasteiger partial charge on any atom is 0.297 e. The minimum atomic E-state index is -0.117. The highest BCUT2D eigenvalue weighted by Crippen LogP contribution is 2.13. The first-order valence-corrected chi connectivity index (χ1v) is 6.27. The monoisotopic (exact) mass is 258 g/mol. The van der Waals surface area contributed by atoms with Gasteiger partial charge in [0.2, 0.25) is 0 Å². The van der Waals surface area contributed by atoms with Crippen LogP contribution in [-0.2, 0) is 16.1 Å². The van der Waals surface area contributed by atoms with E-state index in [1.807, 2.05) is 18.7 Å². The zero-order valence-electron chi connectivity index (χ0n) is 11.1. The van der Waals surface area contributed by atoms with E-state index in [0.717, 1.165) is 0 Å². The van der Waals surface area contributed by atoms with Crippen LogP contribution < -0.4 is 4.90 Å². The van der Waals surface area contributed by atoms with Crippen molar-refractivity contribution < 1.29 is 19.0 Å². The van der Waals surface area contributed by atoms with E-state index in [4.69, 9.17) is 19.0 Å². The second-order valence-electron chi connectivity index (χ2n) is 3.66. The van der Waals surface area contributed by atoms with Gasteiger partial charge in [0, 0.05) is 26.3 Å². The van der Waals surface area contributed by atoms with Crippen molar-refractivity contribution in [2.24, 2.45) is 0 Å². The topological polar surface area (TPSA) is 68.0 Å². The molecule has 6 heteroatoms. The third-order valence-corrected chi connectivity index (χ3v) is 2.39. The van der Waals surface area contributed by atoms with E-state index < -0.39 is 0 Å². The summed E-state index contributed by atoms with van der Waals surface area (Å²) in [4.78, 5) is 6.13. The van der Waals surface area contributed by atoms with Crippen LogP contribution in [-0.4, -0.2) is 49.6 Å². The number of ether oxygens (including phenoxy) is 2. The Bertz CT molecular complexity index is 307. The second kappa shape index (κ2) is 8.91. The molecule has 0 saturated carbocycles. The van der Waals surface area contributed by atoms with Crippen LogP contribution in [0.5, 0.6) is 0 Å². The SMILES string of the molecule is CCOCCN(CCOCC)c1nc(CO)co1. The molecule has 0 aliphatic rings. The molecule has 0 atom stereocenters. The number of anilines is 1. The Morgan fingerprint density at radius 3 is 2.28 bits per heavy atom. The average molecular weight is 258 g/mol. The van der Waals surface area contributed by atoms with Gasteiger partial charge >= 0.3 is 0 Å². The fourth-order valence-corrected chi connectivity index (χ4v) is 1.46. The van der Waals surface area contributed by atoms with Gasteiger partial charge in [-0.25, -0.2) is 0 Å². The summed E-state index contributed by atoms with van der Waals surface area (Å²) in [7, 11) is 0. The predicted molar refractivity (Wildman–Crippen MR) is 67.6 cm³/mol. The summed E-state index contributed by atoms with van der Waals surface area (Å²) in [5, 5.41) is 8.97. The fraction of sp³-hybridized carbons (Fsp3) is 0.750. The summed E-state index contributed by atoms with van der Waals surface area (Å²) >= 11 is 0. The summed E-state index contributed by atoms with van der Waals surface area (Å²) in [6.07, 6.45) is 1.46. The van der Waals surface area contributed by atoms with Crippen LogP contribution >= 0.6 is 0 Å². The zero-order valence-corrected chi connectivity index (χ0v) is 11.1. The normalized spacial score (nSPS) is 10.8. The highest BCUT2D eigenvalue weighted by molar-refractivity contribution is 5.26. The van der Waals surface area contributed by atoms with Crippen molar-refractivity contribution >= 4 is 6.01 Å². The lowest BCUT2D eigenvalue weighted by atomic mass is 10.5. The lowest BCUT2D eigenvalue weighted by molar-refractivity contribution is 0.140. The molecule has 1 heterocycles. The van der Waals surface area contributed by atoms with Gasteiger partial charge in [0.25, 0.3) is 6.01 Å². The van der Waals surface area contributed by atoms with Gasteiger partial charge in [0.05, 0.1) is 19.8 Å². The lowest BCUT2D eigenvalue weighted by Gasteiger charge is -2.20. The van der Waals surface area contributed by atoms with E-state index in [2.05, 4.69) is 4.98 Å². The molecule has 0 radical (unpaired) electrons. The Labute approximate surface area is 108 Å². The first-order valence-electron chi connectivity index (χ1n) is 6.27. The second-order valence-corrected chi connectivity index (χ2v) is 3.66. The van der Waals surface area contributed by atoms with E-state index >= 15 is 0 Å². The number of hydrogen-bond acceptors (Lipinski definition) is 6. The predicted octanol–water partition coefficient (Wildman–Crippen LogP) is 1.05. The van der Waals surface area contributed by atoms with Gasteiger partial charge in [-0.2, -0.15) is 4.98 Å². The molecule has 0 aromatic carbocycles. The molecule has 0 bridgehead atoms. The summed E-state index contributed by atoms with van der Waals surface area (Å²) in [6.45, 7) is 7.77. The van der Waals surface area contributed by atoms with Crippen molar-refractivity contribution in [3.05, 3.63) is 12.0 Å². The van der Waals surface area contributed by atoms with Crippen molar-refractivity contribution in [2.45, 2.75) is 20.5 Å². The van der Waals surface area contributed by atoms with Crippen LogP contribution in [0, 0.1) is 0 Å². The summed E-state index contributed by atoms with van der Waals surface area (Å²) in [5.41, 5.74) is 0.530. The summed E-state index contributed by atoms with van der Waals surface area (Å²) in [5.74, 6) is 0. The number of nitrogens with zero attached hydrogens (tertiary/aromatic N) is 2. The van der Waals surface area contributed by atoms with Crippen LogP contribution in [0.1, 0.15) is 19.5 Å². The Kier molecular flexibility index (Phi) is 7.40. The van der Waals surface area contributed by atoms with Gasteiger partial charge in [0.1, 0.15) is 12.0 Å². The van der Waals surface area contributed by atoms with Crippen molar-refractivity contribution in [3.8, 4) is 0 Å². The van der Waals surface area contributed by atoms with Crippen LogP contribution in [0.4, 0.5) is 6.01 Å². The quantitative estimate of drug-likeness (QED) is 0.633. The van der Waals surface area contributed by atoms with Gasteiger partial charge in [-0.05, 0) is 13.8 Å². The number of aromatic nitrogens is 1. The number of hydrogen-bond donors (Lipinski definition) is 1. The molecule has 0 unspecified atom stereocenters. The molecule has 0 aliphatic carbocycles. The van der Waals surface area contributed by atoms with Gasteiger partial charge in [-0.3, -0.25) is 0 Å². The summed E-state index contributed by atoms with van der Waals surface area (Å²) in [6, 6.07) is 0.499. The first kappa shape index (κ1) is 14.9. The standard InChI is InChI=1S/C12H22N2O4/c1-3-16-7-5-14(6-8-17-4-2)12-13-11(9-15)10-18-12/h10,15H,3-9H2,1-2H3. The molecule has 1 N–H and O–H groups in total. The molecule has 0 spiro atoms. The molecule has 1 rings (SSSR count). The zero-order chi connectivity index (χ0) is 13.2. The number of aliphatic hydroxyl groups excluding tert-OH is 1. The Hall–Kier alpha value is -1.11. The van der Waals surface area contributed by atoms with Crippen LogP contribution in [0.15, 0.2) is 10.7 Å². The van der Waals surface area contributed by atoms with Crippen molar-refractivity contribution in [3.63, 3.8) is 0 Å². The Morgan fingerprint density at radius 2 is 1.83 bits per heavy atom. The van der Waals surface area contributed by atoms with Gasteiger partial charge < -0.3 is 23.9 Å². The molecule has 0 aliphatic heterocycles.